The zero-order valence-corrected chi connectivity index (χ0v) is 57.7. The van der Waals surface area contributed by atoms with Crippen LogP contribution in [0, 0.1) is 0 Å². The van der Waals surface area contributed by atoms with Crippen LogP contribution in [0.25, 0.3) is 0 Å². The molecule has 502 valence electrons. The Hall–Kier alpha value is -2.90. The Labute approximate surface area is 533 Å². The summed E-state index contributed by atoms with van der Waals surface area (Å²) in [7, 11) is 0. The van der Waals surface area contributed by atoms with Crippen molar-refractivity contribution in [2.45, 2.75) is 413 Å². The van der Waals surface area contributed by atoms with Gasteiger partial charge in [-0.1, -0.05) is 387 Å². The maximum Gasteiger partial charge on any atom is 0.339 e. The van der Waals surface area contributed by atoms with Gasteiger partial charge in [-0.3, -0.25) is 0 Å². The van der Waals surface area contributed by atoms with E-state index < -0.39 is 23.9 Å². The Kier molecular flexibility index (Phi) is 61.4. The summed E-state index contributed by atoms with van der Waals surface area (Å²) in [5, 5.41) is 0. The van der Waals surface area contributed by atoms with Crippen molar-refractivity contribution in [3.05, 3.63) is 34.4 Å². The third kappa shape index (κ3) is 49.9. The summed E-state index contributed by atoms with van der Waals surface area (Å²) < 4.78 is 23.5. The predicted molar refractivity (Wildman–Crippen MR) is 367 cm³/mol. The van der Waals surface area contributed by atoms with Gasteiger partial charge in [0.25, 0.3) is 0 Å². The molecule has 0 unspecified atom stereocenters. The summed E-state index contributed by atoms with van der Waals surface area (Å²) in [5.41, 5.74) is -0.665. The van der Waals surface area contributed by atoms with Crippen LogP contribution >= 0.6 is 0 Å². The molecule has 0 bridgehead atoms. The van der Waals surface area contributed by atoms with Crippen LogP contribution < -0.4 is 0 Å². The lowest BCUT2D eigenvalue weighted by atomic mass is 9.95. The summed E-state index contributed by atoms with van der Waals surface area (Å²) in [6.07, 6.45) is 74.0. The van der Waals surface area contributed by atoms with Crippen molar-refractivity contribution in [1.82, 2.24) is 0 Å². The molecule has 8 nitrogen and oxygen atoms in total. The molecule has 0 aliphatic rings. The standard InChI is InChI=1S/C78H142O8/c1-5-9-13-17-21-25-29-33-37-41-45-49-53-57-61-67-83-75(79)71-65-66-72(76(80)84-68-62-58-54-50-46-42-38-34-30-26-22-18-14-10-6-2)74(78(82)86-70-64-60-56-52-48-44-40-36-32-28-24-20-16-12-8-4)73(71)77(81)85-69-63-59-55-51-47-43-39-35-31-27-23-19-15-11-7-3/h65-66H,5-64,67-70H2,1-4H3. The number of rotatable bonds is 68. The highest BCUT2D eigenvalue weighted by atomic mass is 16.5. The molecule has 0 atom stereocenters. The van der Waals surface area contributed by atoms with Gasteiger partial charge >= 0.3 is 23.9 Å². The first-order valence-electron chi connectivity index (χ1n) is 38.3. The van der Waals surface area contributed by atoms with Crippen LogP contribution in [0.4, 0.5) is 0 Å². The van der Waals surface area contributed by atoms with E-state index in [0.29, 0.717) is 25.7 Å². The van der Waals surface area contributed by atoms with E-state index >= 15 is 0 Å². The highest BCUT2D eigenvalue weighted by Gasteiger charge is 2.33. The van der Waals surface area contributed by atoms with Crippen molar-refractivity contribution < 1.29 is 38.1 Å². The number of hydrogen-bond donors (Lipinski definition) is 0. The van der Waals surface area contributed by atoms with Gasteiger partial charge in [-0.2, -0.15) is 0 Å². The smallest absolute Gasteiger partial charge is 0.339 e. The van der Waals surface area contributed by atoms with Crippen molar-refractivity contribution in [3.8, 4) is 0 Å². The molecule has 8 heteroatoms. The summed E-state index contributed by atoms with van der Waals surface area (Å²) in [6.45, 7) is 9.78. The minimum atomic E-state index is -0.815. The molecule has 1 rings (SSSR count). The second kappa shape index (κ2) is 65.1. The zero-order chi connectivity index (χ0) is 62.1. The van der Waals surface area contributed by atoms with E-state index in [1.165, 1.54) is 307 Å². The highest BCUT2D eigenvalue weighted by molar-refractivity contribution is 6.15. The average Bonchev–Trinajstić information content (AvgIpc) is 1.06. The molecular formula is C78H142O8. The maximum absolute atomic E-state index is 14.4. The second-order valence-corrected chi connectivity index (χ2v) is 26.3. The number of carbonyl (C=O) groups excluding carboxylic acids is 4. The molecular weight excluding hydrogens is 1060 g/mol. The first-order chi connectivity index (χ1) is 42.4. The van der Waals surface area contributed by atoms with Crippen LogP contribution in [0.1, 0.15) is 454 Å². The van der Waals surface area contributed by atoms with Crippen molar-refractivity contribution in [3.63, 3.8) is 0 Å². The molecule has 0 aliphatic heterocycles. The highest BCUT2D eigenvalue weighted by Crippen LogP contribution is 2.26. The molecule has 0 saturated heterocycles. The molecule has 86 heavy (non-hydrogen) atoms. The van der Waals surface area contributed by atoms with Gasteiger partial charge in [-0.25, -0.2) is 19.2 Å². The van der Waals surface area contributed by atoms with Crippen LogP contribution in [-0.4, -0.2) is 50.3 Å². The quantitative estimate of drug-likeness (QED) is 0.0361. The van der Waals surface area contributed by atoms with Crippen LogP contribution in [0.2, 0.25) is 0 Å². The monoisotopic (exact) mass is 1210 g/mol. The third-order valence-corrected chi connectivity index (χ3v) is 18.0. The van der Waals surface area contributed by atoms with E-state index in [9.17, 15) is 19.2 Å². The molecule has 1 aromatic carbocycles. The number of unbranched alkanes of at least 4 members (excludes halogenated alkanes) is 56. The fourth-order valence-electron chi connectivity index (χ4n) is 12.2. The number of ether oxygens (including phenoxy) is 4. The lowest BCUT2D eigenvalue weighted by Gasteiger charge is -2.17. The lowest BCUT2D eigenvalue weighted by molar-refractivity contribution is 0.0415. The molecule has 0 radical (unpaired) electrons. The van der Waals surface area contributed by atoms with Crippen molar-refractivity contribution in [1.29, 1.82) is 0 Å². The minimum absolute atomic E-state index is 0.0784. The van der Waals surface area contributed by atoms with Crippen LogP contribution in [0.15, 0.2) is 12.1 Å². The van der Waals surface area contributed by atoms with E-state index in [4.69, 9.17) is 18.9 Å². The minimum Gasteiger partial charge on any atom is -0.462 e. The number of benzene rings is 1. The van der Waals surface area contributed by atoms with Gasteiger partial charge in [0.1, 0.15) is 0 Å². The Morgan fingerprint density at radius 2 is 0.326 bits per heavy atom. The van der Waals surface area contributed by atoms with E-state index in [0.717, 1.165) is 64.2 Å². The van der Waals surface area contributed by atoms with Gasteiger partial charge < -0.3 is 18.9 Å². The van der Waals surface area contributed by atoms with E-state index in [1.807, 2.05) is 0 Å². The number of hydrogen-bond acceptors (Lipinski definition) is 8. The fraction of sp³-hybridized carbons (Fsp3) is 0.872. The molecule has 0 amide bonds. The first-order valence-corrected chi connectivity index (χ1v) is 38.3. The summed E-state index contributed by atoms with van der Waals surface area (Å²) in [6, 6.07) is 2.88. The molecule has 0 aromatic heterocycles. The predicted octanol–water partition coefficient (Wildman–Crippen LogP) is 25.8. The third-order valence-electron chi connectivity index (χ3n) is 18.0. The van der Waals surface area contributed by atoms with Gasteiger partial charge in [-0.15, -0.1) is 0 Å². The Balaban J connectivity index is 2.99. The van der Waals surface area contributed by atoms with Crippen LogP contribution in [0.3, 0.4) is 0 Å². The Bertz CT molecular complexity index is 1540. The summed E-state index contributed by atoms with van der Waals surface area (Å²) >= 11 is 0. The topological polar surface area (TPSA) is 105 Å². The van der Waals surface area contributed by atoms with E-state index in [-0.39, 0.29) is 48.7 Å². The first kappa shape index (κ1) is 81.1. The van der Waals surface area contributed by atoms with Crippen molar-refractivity contribution in [2.75, 3.05) is 26.4 Å². The Morgan fingerprint density at radius 1 is 0.198 bits per heavy atom. The molecule has 0 aliphatic carbocycles. The van der Waals surface area contributed by atoms with Gasteiger partial charge in [0.2, 0.25) is 0 Å². The maximum atomic E-state index is 14.4. The van der Waals surface area contributed by atoms with E-state index in [1.54, 1.807) is 0 Å². The van der Waals surface area contributed by atoms with Crippen molar-refractivity contribution >= 4 is 23.9 Å². The molecule has 0 spiro atoms. The Morgan fingerprint density at radius 3 is 0.477 bits per heavy atom. The van der Waals surface area contributed by atoms with Crippen LogP contribution in [-0.2, 0) is 18.9 Å². The number of esters is 4. The van der Waals surface area contributed by atoms with E-state index in [2.05, 4.69) is 27.7 Å². The zero-order valence-electron chi connectivity index (χ0n) is 57.7. The molecule has 0 saturated carbocycles. The second-order valence-electron chi connectivity index (χ2n) is 26.3. The van der Waals surface area contributed by atoms with Gasteiger partial charge in [-0.05, 0) is 37.8 Å². The lowest BCUT2D eigenvalue weighted by Crippen LogP contribution is -2.24. The fourth-order valence-corrected chi connectivity index (χ4v) is 12.2. The number of carbonyl (C=O) groups is 4. The normalized spacial score (nSPS) is 11.4. The van der Waals surface area contributed by atoms with Gasteiger partial charge in [0.05, 0.1) is 48.7 Å². The van der Waals surface area contributed by atoms with Gasteiger partial charge in [0.15, 0.2) is 0 Å². The summed E-state index contributed by atoms with van der Waals surface area (Å²) in [4.78, 5) is 56.9. The molecule has 0 heterocycles. The SMILES string of the molecule is CCCCCCCCCCCCCCCCCOC(=O)c1ccc(C(=O)OCCCCCCCCCCCCCCCCC)c(C(=O)OCCCCCCCCCCCCCCCCC)c1C(=O)OCCCCCCCCCCCCCCCCC. The average molecular weight is 1210 g/mol. The van der Waals surface area contributed by atoms with Gasteiger partial charge in [0, 0.05) is 0 Å². The molecule has 0 fully saturated rings. The largest absolute Gasteiger partial charge is 0.462 e. The van der Waals surface area contributed by atoms with Crippen LogP contribution in [0.5, 0.6) is 0 Å². The summed E-state index contributed by atoms with van der Waals surface area (Å²) in [5.74, 6) is -3.04. The molecule has 0 N–H and O–H groups in total. The molecule has 1 aromatic rings. The van der Waals surface area contributed by atoms with Crippen molar-refractivity contribution in [2.24, 2.45) is 0 Å².